The van der Waals surface area contributed by atoms with Crippen LogP contribution >= 0.6 is 0 Å². The minimum absolute atomic E-state index is 0.275. The van der Waals surface area contributed by atoms with Crippen LogP contribution in [0.15, 0.2) is 0 Å². The molecule has 3 unspecified atom stereocenters. The highest BCUT2D eigenvalue weighted by molar-refractivity contribution is 4.97. The smallest absolute Gasteiger partial charge is 0.0672 e. The molecule has 0 aromatic heterocycles. The van der Waals surface area contributed by atoms with Gasteiger partial charge in [-0.3, -0.25) is 4.90 Å². The molecule has 0 aromatic carbocycles. The molecule has 20 heavy (non-hydrogen) atoms. The van der Waals surface area contributed by atoms with Crippen molar-refractivity contribution in [3.05, 3.63) is 0 Å². The molecule has 0 N–H and O–H groups in total. The Balaban J connectivity index is 2.67. The topological polar surface area (TPSA) is 27.0 Å². The maximum Gasteiger partial charge on any atom is 0.0672 e. The molecule has 0 aliphatic heterocycles. The Morgan fingerprint density at radius 3 is 2.15 bits per heavy atom. The average molecular weight is 278 g/mol. The highest BCUT2D eigenvalue weighted by Crippen LogP contribution is 2.34. The monoisotopic (exact) mass is 278 g/mol. The van der Waals surface area contributed by atoms with Crippen LogP contribution in [0.5, 0.6) is 0 Å². The molecular weight excluding hydrogens is 244 g/mol. The van der Waals surface area contributed by atoms with Crippen molar-refractivity contribution in [2.75, 3.05) is 13.1 Å². The molecule has 116 valence electrons. The van der Waals surface area contributed by atoms with E-state index in [1.165, 1.54) is 64.5 Å². The summed E-state index contributed by atoms with van der Waals surface area (Å²) in [6.07, 6.45) is 11.4. The molecule has 0 spiro atoms. The molecule has 1 fully saturated rings. The lowest BCUT2D eigenvalue weighted by Gasteiger charge is -2.40. The fourth-order valence-electron chi connectivity index (χ4n) is 3.62. The fraction of sp³-hybridized carbons (Fsp3) is 0.944. The minimum atomic E-state index is 0.275. The third kappa shape index (κ3) is 5.44. The Kier molecular flexibility index (Phi) is 8.94. The van der Waals surface area contributed by atoms with Gasteiger partial charge in [-0.05, 0) is 51.1 Å². The van der Waals surface area contributed by atoms with Crippen LogP contribution in [0.2, 0.25) is 0 Å². The van der Waals surface area contributed by atoms with Crippen LogP contribution in [0, 0.1) is 23.2 Å². The number of rotatable bonds is 9. The van der Waals surface area contributed by atoms with E-state index in [0.717, 1.165) is 12.3 Å². The van der Waals surface area contributed by atoms with E-state index in [1.54, 1.807) is 0 Å². The van der Waals surface area contributed by atoms with Gasteiger partial charge in [0.1, 0.15) is 0 Å². The molecule has 2 heteroatoms. The van der Waals surface area contributed by atoms with E-state index in [2.05, 4.69) is 31.7 Å². The first kappa shape index (κ1) is 17.5. The molecule has 1 aliphatic rings. The first-order valence-corrected chi connectivity index (χ1v) is 8.90. The fourth-order valence-corrected chi connectivity index (χ4v) is 3.62. The van der Waals surface area contributed by atoms with Crippen LogP contribution in [-0.4, -0.2) is 24.0 Å². The molecule has 1 aliphatic carbocycles. The summed E-state index contributed by atoms with van der Waals surface area (Å²) in [5, 5.41) is 9.50. The van der Waals surface area contributed by atoms with E-state index in [1.807, 2.05) is 0 Å². The Morgan fingerprint density at radius 1 is 1.00 bits per heavy atom. The van der Waals surface area contributed by atoms with Gasteiger partial charge in [-0.1, -0.05) is 46.5 Å². The number of unbranched alkanes of at least 4 members (excludes halogenated alkanes) is 2. The second-order valence-corrected chi connectivity index (χ2v) is 6.51. The molecular formula is C18H34N2. The Labute approximate surface area is 126 Å². The van der Waals surface area contributed by atoms with Gasteiger partial charge in [-0.15, -0.1) is 0 Å². The van der Waals surface area contributed by atoms with Crippen LogP contribution in [0.4, 0.5) is 0 Å². The summed E-state index contributed by atoms with van der Waals surface area (Å²) in [6, 6.07) is 3.14. The van der Waals surface area contributed by atoms with E-state index in [-0.39, 0.29) is 5.92 Å². The molecule has 1 saturated carbocycles. The van der Waals surface area contributed by atoms with Gasteiger partial charge in [-0.2, -0.15) is 5.26 Å². The zero-order chi connectivity index (χ0) is 14.8. The third-order valence-corrected chi connectivity index (χ3v) is 4.85. The quantitative estimate of drug-likeness (QED) is 0.593. The van der Waals surface area contributed by atoms with E-state index in [4.69, 9.17) is 0 Å². The minimum Gasteiger partial charge on any atom is -0.299 e. The zero-order valence-electron chi connectivity index (χ0n) is 13.9. The van der Waals surface area contributed by atoms with E-state index >= 15 is 0 Å². The SMILES string of the molecule is CCCCN(CCCC)C1CC(CCC)CCC1C#N. The molecule has 0 saturated heterocycles. The van der Waals surface area contributed by atoms with Gasteiger partial charge in [-0.25, -0.2) is 0 Å². The molecule has 2 nitrogen and oxygen atoms in total. The zero-order valence-corrected chi connectivity index (χ0v) is 13.9. The molecule has 0 aromatic rings. The third-order valence-electron chi connectivity index (χ3n) is 4.85. The van der Waals surface area contributed by atoms with Gasteiger partial charge < -0.3 is 0 Å². The maximum atomic E-state index is 9.50. The molecule has 0 amide bonds. The second kappa shape index (κ2) is 10.2. The van der Waals surface area contributed by atoms with Crippen molar-refractivity contribution in [2.24, 2.45) is 11.8 Å². The Morgan fingerprint density at radius 2 is 1.65 bits per heavy atom. The van der Waals surface area contributed by atoms with Gasteiger partial charge in [0.05, 0.1) is 12.0 Å². The van der Waals surface area contributed by atoms with Crippen molar-refractivity contribution in [1.29, 1.82) is 5.26 Å². The number of hydrogen-bond acceptors (Lipinski definition) is 2. The van der Waals surface area contributed by atoms with Crippen molar-refractivity contribution in [1.82, 2.24) is 4.90 Å². The Bertz CT molecular complexity index is 274. The molecule has 1 rings (SSSR count). The summed E-state index contributed by atoms with van der Waals surface area (Å²) in [7, 11) is 0. The standard InChI is InChI=1S/C18H34N2/c1-4-7-12-20(13-8-5-2)18-14-16(9-6-3)10-11-17(18)15-19/h16-18H,4-14H2,1-3H3. The lowest BCUT2D eigenvalue weighted by atomic mass is 9.76. The summed E-state index contributed by atoms with van der Waals surface area (Å²) in [5.41, 5.74) is 0. The van der Waals surface area contributed by atoms with Crippen LogP contribution < -0.4 is 0 Å². The van der Waals surface area contributed by atoms with Crippen molar-refractivity contribution in [3.8, 4) is 6.07 Å². The van der Waals surface area contributed by atoms with E-state index in [0.29, 0.717) is 6.04 Å². The predicted molar refractivity (Wildman–Crippen MR) is 86.5 cm³/mol. The largest absolute Gasteiger partial charge is 0.299 e. The van der Waals surface area contributed by atoms with Gasteiger partial charge in [0.2, 0.25) is 0 Å². The number of hydrogen-bond donors (Lipinski definition) is 0. The molecule has 0 radical (unpaired) electrons. The number of nitrogens with zero attached hydrogens (tertiary/aromatic N) is 2. The van der Waals surface area contributed by atoms with Crippen molar-refractivity contribution in [2.45, 2.75) is 84.6 Å². The van der Waals surface area contributed by atoms with Crippen LogP contribution in [0.1, 0.15) is 78.6 Å². The highest BCUT2D eigenvalue weighted by Gasteiger charge is 2.33. The van der Waals surface area contributed by atoms with Gasteiger partial charge in [0.15, 0.2) is 0 Å². The highest BCUT2D eigenvalue weighted by atomic mass is 15.2. The Hall–Kier alpha value is -0.550. The lowest BCUT2D eigenvalue weighted by molar-refractivity contribution is 0.0948. The number of nitriles is 1. The van der Waals surface area contributed by atoms with Gasteiger partial charge in [0.25, 0.3) is 0 Å². The van der Waals surface area contributed by atoms with Crippen LogP contribution in [0.25, 0.3) is 0 Å². The van der Waals surface area contributed by atoms with Crippen molar-refractivity contribution < 1.29 is 0 Å². The van der Waals surface area contributed by atoms with Gasteiger partial charge in [0, 0.05) is 6.04 Å². The summed E-state index contributed by atoms with van der Waals surface area (Å²) in [5.74, 6) is 1.14. The predicted octanol–water partition coefficient (Wildman–Crippen LogP) is 5.00. The van der Waals surface area contributed by atoms with Crippen LogP contribution in [0.3, 0.4) is 0 Å². The van der Waals surface area contributed by atoms with Crippen molar-refractivity contribution in [3.63, 3.8) is 0 Å². The van der Waals surface area contributed by atoms with Crippen LogP contribution in [-0.2, 0) is 0 Å². The summed E-state index contributed by atoms with van der Waals surface area (Å²) in [6.45, 7) is 9.20. The maximum absolute atomic E-state index is 9.50. The first-order chi connectivity index (χ1) is 9.76. The normalized spacial score (nSPS) is 26.6. The molecule has 0 bridgehead atoms. The average Bonchev–Trinajstić information content (AvgIpc) is 2.48. The summed E-state index contributed by atoms with van der Waals surface area (Å²) in [4.78, 5) is 2.66. The first-order valence-electron chi connectivity index (χ1n) is 8.90. The second-order valence-electron chi connectivity index (χ2n) is 6.51. The lowest BCUT2D eigenvalue weighted by Crippen LogP contribution is -2.45. The van der Waals surface area contributed by atoms with Gasteiger partial charge >= 0.3 is 0 Å². The molecule has 0 heterocycles. The van der Waals surface area contributed by atoms with Crippen molar-refractivity contribution >= 4 is 0 Å². The summed E-state index contributed by atoms with van der Waals surface area (Å²) < 4.78 is 0. The van der Waals surface area contributed by atoms with E-state index in [9.17, 15) is 5.26 Å². The molecule has 3 atom stereocenters. The van der Waals surface area contributed by atoms with E-state index < -0.39 is 0 Å². The summed E-state index contributed by atoms with van der Waals surface area (Å²) >= 11 is 0.